The van der Waals surface area contributed by atoms with Gasteiger partial charge in [-0.3, -0.25) is 0 Å². The Labute approximate surface area is 102 Å². The lowest BCUT2D eigenvalue weighted by Crippen LogP contribution is -1.95. The van der Waals surface area contributed by atoms with Gasteiger partial charge in [-0.25, -0.2) is 4.79 Å². The summed E-state index contributed by atoms with van der Waals surface area (Å²) in [6.45, 7) is 0. The summed E-state index contributed by atoms with van der Waals surface area (Å²) in [5.74, 6) is -0.672. The second kappa shape index (κ2) is 4.47. The van der Waals surface area contributed by atoms with Crippen molar-refractivity contribution in [2.75, 3.05) is 0 Å². The smallest absolute Gasteiger partial charge is 0.356 e. The number of carboxylic acids is 1. The Kier molecular flexibility index (Phi) is 3.01. The normalized spacial score (nSPS) is 10.2. The van der Waals surface area contributed by atoms with E-state index in [2.05, 4.69) is 4.98 Å². The van der Waals surface area contributed by atoms with Gasteiger partial charge in [0, 0.05) is 13.2 Å². The quantitative estimate of drug-likeness (QED) is 0.912. The van der Waals surface area contributed by atoms with Gasteiger partial charge in [-0.1, -0.05) is 23.7 Å². The van der Waals surface area contributed by atoms with E-state index < -0.39 is 5.97 Å². The van der Waals surface area contributed by atoms with Crippen LogP contribution in [0.2, 0.25) is 5.02 Å². The number of halogens is 1. The van der Waals surface area contributed by atoms with Crippen LogP contribution in [0.15, 0.2) is 30.5 Å². The van der Waals surface area contributed by atoms with Crippen molar-refractivity contribution in [2.24, 2.45) is 7.05 Å². The van der Waals surface area contributed by atoms with Gasteiger partial charge in [0.2, 0.25) is 0 Å². The molecule has 0 saturated heterocycles. The molecule has 2 rings (SSSR count). The van der Waals surface area contributed by atoms with Crippen LogP contribution in [-0.2, 0) is 7.05 Å². The number of benzene rings is 1. The number of carbonyl (C=O) groups is 1. The molecule has 0 saturated carbocycles. The minimum atomic E-state index is -1.10. The molecule has 0 radical (unpaired) electrons. The zero-order valence-corrected chi connectivity index (χ0v) is 9.68. The molecule has 0 aliphatic rings. The Morgan fingerprint density at radius 1 is 1.47 bits per heavy atom. The lowest BCUT2D eigenvalue weighted by atomic mass is 10.3. The summed E-state index contributed by atoms with van der Waals surface area (Å²) in [5, 5.41) is 9.22. The van der Waals surface area contributed by atoms with Crippen LogP contribution in [-0.4, -0.2) is 20.6 Å². The van der Waals surface area contributed by atoms with Crippen molar-refractivity contribution in [3.8, 4) is 11.8 Å². The molecular formula is C11H9ClN2O3. The summed E-state index contributed by atoms with van der Waals surface area (Å²) < 4.78 is 6.91. The highest BCUT2D eigenvalue weighted by atomic mass is 35.5. The lowest BCUT2D eigenvalue weighted by Gasteiger charge is -2.05. The van der Waals surface area contributed by atoms with Gasteiger partial charge in [-0.05, 0) is 12.1 Å². The van der Waals surface area contributed by atoms with Gasteiger partial charge in [0.25, 0.3) is 0 Å². The summed E-state index contributed by atoms with van der Waals surface area (Å²) in [4.78, 5) is 14.6. The maximum Gasteiger partial charge on any atom is 0.356 e. The SMILES string of the molecule is Cn1cc(C(=O)O)nc1Oc1ccccc1Cl. The maximum absolute atomic E-state index is 10.7. The van der Waals surface area contributed by atoms with E-state index in [0.29, 0.717) is 10.8 Å². The first-order chi connectivity index (χ1) is 8.08. The van der Waals surface area contributed by atoms with E-state index >= 15 is 0 Å². The second-order valence-corrected chi connectivity index (χ2v) is 3.76. The first-order valence-corrected chi connectivity index (χ1v) is 5.15. The van der Waals surface area contributed by atoms with Crippen LogP contribution in [0, 0.1) is 0 Å². The first kappa shape index (κ1) is 11.5. The van der Waals surface area contributed by atoms with E-state index in [1.54, 1.807) is 31.3 Å². The molecule has 1 aromatic carbocycles. The highest BCUT2D eigenvalue weighted by Gasteiger charge is 2.13. The van der Waals surface area contributed by atoms with Crippen LogP contribution >= 0.6 is 11.6 Å². The predicted molar refractivity (Wildman–Crippen MR) is 61.7 cm³/mol. The Morgan fingerprint density at radius 3 is 2.76 bits per heavy atom. The highest BCUT2D eigenvalue weighted by Crippen LogP contribution is 2.27. The van der Waals surface area contributed by atoms with Crippen molar-refractivity contribution in [1.82, 2.24) is 9.55 Å². The molecule has 2 aromatic rings. The van der Waals surface area contributed by atoms with Crippen molar-refractivity contribution >= 4 is 17.6 Å². The third kappa shape index (κ3) is 2.39. The predicted octanol–water partition coefficient (Wildman–Crippen LogP) is 2.56. The fraction of sp³-hybridized carbons (Fsp3) is 0.0909. The number of imidazole rings is 1. The Bertz CT molecular complexity index is 566. The average molecular weight is 253 g/mol. The van der Waals surface area contributed by atoms with Gasteiger partial charge < -0.3 is 14.4 Å². The molecule has 0 amide bonds. The largest absolute Gasteiger partial charge is 0.476 e. The fourth-order valence-electron chi connectivity index (χ4n) is 1.27. The number of nitrogens with zero attached hydrogens (tertiary/aromatic N) is 2. The molecule has 6 heteroatoms. The van der Waals surface area contributed by atoms with Crippen LogP contribution in [0.4, 0.5) is 0 Å². The van der Waals surface area contributed by atoms with Crippen molar-refractivity contribution in [2.45, 2.75) is 0 Å². The molecule has 17 heavy (non-hydrogen) atoms. The molecule has 0 atom stereocenters. The molecule has 0 spiro atoms. The number of aryl methyl sites for hydroxylation is 1. The van der Waals surface area contributed by atoms with Crippen molar-refractivity contribution < 1.29 is 14.6 Å². The molecule has 0 bridgehead atoms. The molecule has 5 nitrogen and oxygen atoms in total. The van der Waals surface area contributed by atoms with E-state index in [4.69, 9.17) is 21.4 Å². The van der Waals surface area contributed by atoms with E-state index in [1.807, 2.05) is 0 Å². The van der Waals surface area contributed by atoms with E-state index in [1.165, 1.54) is 10.8 Å². The van der Waals surface area contributed by atoms with Crippen LogP contribution < -0.4 is 4.74 Å². The van der Waals surface area contributed by atoms with Crippen molar-refractivity contribution in [3.05, 3.63) is 41.2 Å². The van der Waals surface area contributed by atoms with Gasteiger partial charge in [0.05, 0.1) is 5.02 Å². The van der Waals surface area contributed by atoms with Gasteiger partial charge in [-0.15, -0.1) is 0 Å². The number of ether oxygens (including phenoxy) is 1. The van der Waals surface area contributed by atoms with Gasteiger partial charge in [0.15, 0.2) is 5.69 Å². The molecule has 0 aliphatic carbocycles. The minimum Gasteiger partial charge on any atom is -0.476 e. The molecule has 1 N–H and O–H groups in total. The zero-order valence-electron chi connectivity index (χ0n) is 8.92. The molecule has 88 valence electrons. The Balaban J connectivity index is 2.30. The molecule has 0 fully saturated rings. The maximum atomic E-state index is 10.7. The number of aromatic carboxylic acids is 1. The van der Waals surface area contributed by atoms with Crippen molar-refractivity contribution in [1.29, 1.82) is 0 Å². The fourth-order valence-corrected chi connectivity index (χ4v) is 1.45. The van der Waals surface area contributed by atoms with Crippen molar-refractivity contribution in [3.63, 3.8) is 0 Å². The molecule has 0 unspecified atom stereocenters. The summed E-state index contributed by atoms with van der Waals surface area (Å²) in [7, 11) is 1.64. The topological polar surface area (TPSA) is 64.4 Å². The lowest BCUT2D eigenvalue weighted by molar-refractivity contribution is 0.0690. The van der Waals surface area contributed by atoms with Crippen LogP contribution in [0.5, 0.6) is 11.8 Å². The molecular weight excluding hydrogens is 244 g/mol. The molecule has 1 aromatic heterocycles. The van der Waals surface area contributed by atoms with Gasteiger partial charge in [0.1, 0.15) is 5.75 Å². The Hall–Kier alpha value is -2.01. The minimum absolute atomic E-state index is 0.0745. The Morgan fingerprint density at radius 2 is 2.18 bits per heavy atom. The van der Waals surface area contributed by atoms with Crippen LogP contribution in [0.25, 0.3) is 0 Å². The number of hydrogen-bond acceptors (Lipinski definition) is 3. The number of rotatable bonds is 3. The summed E-state index contributed by atoms with van der Waals surface area (Å²) in [6, 6.07) is 7.07. The standard InChI is InChI=1S/C11H9ClN2O3/c1-14-6-8(10(15)16)13-11(14)17-9-5-3-2-4-7(9)12/h2-6H,1H3,(H,15,16). The number of hydrogen-bond donors (Lipinski definition) is 1. The summed E-state index contributed by atoms with van der Waals surface area (Å²) >= 11 is 5.92. The number of carboxylic acid groups (broad SMARTS) is 1. The highest BCUT2D eigenvalue weighted by molar-refractivity contribution is 6.32. The monoisotopic (exact) mass is 252 g/mol. The number of aromatic nitrogens is 2. The second-order valence-electron chi connectivity index (χ2n) is 3.36. The third-order valence-electron chi connectivity index (χ3n) is 2.09. The van der Waals surface area contributed by atoms with E-state index in [-0.39, 0.29) is 11.7 Å². The average Bonchev–Trinajstić information content (AvgIpc) is 2.64. The molecule has 0 aliphatic heterocycles. The van der Waals surface area contributed by atoms with E-state index in [9.17, 15) is 4.79 Å². The first-order valence-electron chi connectivity index (χ1n) is 4.77. The number of para-hydroxylation sites is 1. The van der Waals surface area contributed by atoms with Crippen LogP contribution in [0.3, 0.4) is 0 Å². The summed E-state index contributed by atoms with van der Waals surface area (Å²) in [5.41, 5.74) is -0.0745. The third-order valence-corrected chi connectivity index (χ3v) is 2.40. The van der Waals surface area contributed by atoms with Gasteiger partial charge in [-0.2, -0.15) is 4.98 Å². The van der Waals surface area contributed by atoms with Crippen LogP contribution in [0.1, 0.15) is 10.5 Å². The summed E-state index contributed by atoms with van der Waals surface area (Å²) in [6.07, 6.45) is 1.37. The zero-order chi connectivity index (χ0) is 12.4. The van der Waals surface area contributed by atoms with Gasteiger partial charge >= 0.3 is 12.0 Å². The molecule has 1 heterocycles. The van der Waals surface area contributed by atoms with E-state index in [0.717, 1.165) is 0 Å².